The molecule has 0 atom stereocenters. The maximum atomic E-state index is 13.6. The number of carbonyl (C=O) groups excluding carboxylic acids is 1. The number of sulfonamides is 1. The van der Waals surface area contributed by atoms with Crippen LogP contribution in [-0.2, 0) is 17.1 Å². The van der Waals surface area contributed by atoms with Gasteiger partial charge in [0.25, 0.3) is 5.91 Å². The summed E-state index contributed by atoms with van der Waals surface area (Å²) in [5.41, 5.74) is 3.32. The average Bonchev–Trinajstić information content (AvgIpc) is 3.49. The molecule has 1 aromatic carbocycles. The molecule has 1 saturated heterocycles. The van der Waals surface area contributed by atoms with E-state index in [-0.39, 0.29) is 10.8 Å². The lowest BCUT2D eigenvalue weighted by molar-refractivity contribution is 0.102. The first-order chi connectivity index (χ1) is 16.8. The molecule has 0 spiro atoms. The highest BCUT2D eigenvalue weighted by Gasteiger charge is 2.27. The second-order valence-electron chi connectivity index (χ2n) is 8.84. The molecule has 1 N–H and O–H groups in total. The minimum atomic E-state index is -3.63. The Labute approximate surface area is 203 Å². The maximum Gasteiger partial charge on any atom is 0.256 e. The monoisotopic (exact) mass is 493 g/mol. The van der Waals surface area contributed by atoms with Crippen molar-refractivity contribution in [2.75, 3.05) is 18.4 Å². The van der Waals surface area contributed by atoms with Gasteiger partial charge in [0, 0.05) is 25.8 Å². The molecule has 4 aromatic rings. The number of pyridine rings is 1. The van der Waals surface area contributed by atoms with Crippen molar-refractivity contribution in [3.05, 3.63) is 59.5 Å². The van der Waals surface area contributed by atoms with Gasteiger partial charge in [-0.3, -0.25) is 9.48 Å². The lowest BCUT2D eigenvalue weighted by Crippen LogP contribution is -2.35. The van der Waals surface area contributed by atoms with Crippen molar-refractivity contribution in [2.45, 2.75) is 38.0 Å². The number of aromatic nitrogens is 3. The van der Waals surface area contributed by atoms with Gasteiger partial charge in [-0.05, 0) is 62.6 Å². The molecule has 182 valence electrons. The van der Waals surface area contributed by atoms with E-state index in [1.807, 2.05) is 13.8 Å². The molecule has 1 aliphatic heterocycles. The topological polar surface area (TPSA) is 110 Å². The Kier molecular flexibility index (Phi) is 5.94. The fraction of sp³-hybridized carbons (Fsp3) is 0.320. The molecule has 0 radical (unpaired) electrons. The van der Waals surface area contributed by atoms with E-state index in [0.29, 0.717) is 52.5 Å². The number of amides is 1. The van der Waals surface area contributed by atoms with E-state index >= 15 is 0 Å². The number of furan rings is 1. The Morgan fingerprint density at radius 2 is 1.86 bits per heavy atom. The number of hydrogen-bond donors (Lipinski definition) is 1. The summed E-state index contributed by atoms with van der Waals surface area (Å²) in [5.74, 6) is 0.155. The number of piperidine rings is 1. The second-order valence-corrected chi connectivity index (χ2v) is 10.8. The van der Waals surface area contributed by atoms with E-state index in [2.05, 4.69) is 15.4 Å². The van der Waals surface area contributed by atoms with Crippen molar-refractivity contribution in [2.24, 2.45) is 7.05 Å². The maximum absolute atomic E-state index is 13.6. The Balaban J connectivity index is 1.54. The number of carbonyl (C=O) groups is 1. The van der Waals surface area contributed by atoms with Crippen LogP contribution < -0.4 is 5.32 Å². The zero-order valence-electron chi connectivity index (χ0n) is 19.9. The van der Waals surface area contributed by atoms with Crippen molar-refractivity contribution in [1.82, 2.24) is 19.1 Å². The largest absolute Gasteiger partial charge is 0.463 e. The van der Waals surface area contributed by atoms with E-state index < -0.39 is 10.0 Å². The van der Waals surface area contributed by atoms with Crippen LogP contribution in [0.3, 0.4) is 0 Å². The molecular formula is C25H27N5O4S. The fourth-order valence-corrected chi connectivity index (χ4v) is 6.06. The van der Waals surface area contributed by atoms with Crippen LogP contribution in [0.2, 0.25) is 0 Å². The summed E-state index contributed by atoms with van der Waals surface area (Å²) < 4.78 is 35.0. The van der Waals surface area contributed by atoms with Gasteiger partial charge in [0.2, 0.25) is 10.0 Å². The van der Waals surface area contributed by atoms with Gasteiger partial charge in [-0.2, -0.15) is 9.40 Å². The second kappa shape index (κ2) is 8.94. The van der Waals surface area contributed by atoms with Crippen LogP contribution in [-0.4, -0.2) is 46.5 Å². The number of benzene rings is 1. The molecule has 1 amide bonds. The Morgan fingerprint density at radius 1 is 1.09 bits per heavy atom. The lowest BCUT2D eigenvalue weighted by atomic mass is 10.1. The van der Waals surface area contributed by atoms with Crippen molar-refractivity contribution in [3.8, 4) is 11.5 Å². The van der Waals surface area contributed by atoms with Crippen molar-refractivity contribution < 1.29 is 17.6 Å². The van der Waals surface area contributed by atoms with E-state index in [4.69, 9.17) is 4.42 Å². The van der Waals surface area contributed by atoms with Crippen LogP contribution in [0.5, 0.6) is 0 Å². The number of fused-ring (bicyclic) bond motifs is 1. The summed E-state index contributed by atoms with van der Waals surface area (Å²) in [4.78, 5) is 18.4. The summed E-state index contributed by atoms with van der Waals surface area (Å²) in [5, 5.41) is 8.00. The third-order valence-electron chi connectivity index (χ3n) is 6.40. The molecule has 0 saturated carbocycles. The van der Waals surface area contributed by atoms with Crippen LogP contribution in [0.15, 0.2) is 52.0 Å². The van der Waals surface area contributed by atoms with Crippen molar-refractivity contribution in [3.63, 3.8) is 0 Å². The highest BCUT2D eigenvalue weighted by molar-refractivity contribution is 7.89. The van der Waals surface area contributed by atoms with E-state index in [1.165, 1.54) is 4.31 Å². The molecule has 35 heavy (non-hydrogen) atoms. The van der Waals surface area contributed by atoms with Crippen LogP contribution in [0, 0.1) is 13.8 Å². The Morgan fingerprint density at radius 3 is 2.57 bits per heavy atom. The SMILES string of the molecule is Cc1ccc(S(=O)(=O)N2CCCCC2)cc1NC(=O)c1cc(-c2ccco2)nc2c1c(C)nn2C. The molecule has 1 fully saturated rings. The molecule has 4 heterocycles. The molecule has 0 aliphatic carbocycles. The highest BCUT2D eigenvalue weighted by atomic mass is 32.2. The first-order valence-electron chi connectivity index (χ1n) is 11.6. The third-order valence-corrected chi connectivity index (χ3v) is 8.29. The molecule has 1 aliphatic rings. The van der Waals surface area contributed by atoms with Crippen LogP contribution in [0.1, 0.15) is 40.9 Å². The lowest BCUT2D eigenvalue weighted by Gasteiger charge is -2.26. The van der Waals surface area contributed by atoms with Crippen molar-refractivity contribution >= 4 is 32.7 Å². The third kappa shape index (κ3) is 4.23. The van der Waals surface area contributed by atoms with Gasteiger partial charge in [-0.25, -0.2) is 13.4 Å². The minimum Gasteiger partial charge on any atom is -0.463 e. The Hall–Kier alpha value is -3.50. The van der Waals surface area contributed by atoms with Crippen LogP contribution in [0.4, 0.5) is 5.69 Å². The summed E-state index contributed by atoms with van der Waals surface area (Å²) in [6.45, 7) is 4.69. The van der Waals surface area contributed by atoms with Gasteiger partial charge >= 0.3 is 0 Å². The summed E-state index contributed by atoms with van der Waals surface area (Å²) >= 11 is 0. The predicted molar refractivity (Wildman–Crippen MR) is 133 cm³/mol. The van der Waals surface area contributed by atoms with Crippen LogP contribution >= 0.6 is 0 Å². The van der Waals surface area contributed by atoms with Gasteiger partial charge in [0.05, 0.1) is 27.8 Å². The standard InChI is InChI=1S/C25H27N5O4S/c1-16-9-10-18(35(32,33)30-11-5-4-6-12-30)14-20(16)27-25(31)19-15-21(22-8-7-13-34-22)26-24-23(19)17(2)28-29(24)3/h7-10,13-15H,4-6,11-12H2,1-3H3,(H,27,31). The number of anilines is 1. The first kappa shape index (κ1) is 23.3. The zero-order chi connectivity index (χ0) is 24.7. The molecule has 5 rings (SSSR count). The van der Waals surface area contributed by atoms with E-state index in [9.17, 15) is 13.2 Å². The van der Waals surface area contributed by atoms with Gasteiger partial charge in [-0.1, -0.05) is 12.5 Å². The number of hydrogen-bond acceptors (Lipinski definition) is 6. The zero-order valence-corrected chi connectivity index (χ0v) is 20.7. The normalized spacial score (nSPS) is 14.9. The summed E-state index contributed by atoms with van der Waals surface area (Å²) in [6, 6.07) is 10.1. The predicted octanol–water partition coefficient (Wildman–Crippen LogP) is 4.27. The molecule has 0 unspecified atom stereocenters. The first-order valence-corrected chi connectivity index (χ1v) is 13.0. The van der Waals surface area contributed by atoms with Crippen molar-refractivity contribution in [1.29, 1.82) is 0 Å². The molecule has 0 bridgehead atoms. The highest BCUT2D eigenvalue weighted by Crippen LogP contribution is 2.29. The molecule has 3 aromatic heterocycles. The molecular weight excluding hydrogens is 466 g/mol. The minimum absolute atomic E-state index is 0.175. The van der Waals surface area contributed by atoms with Gasteiger partial charge in [-0.15, -0.1) is 0 Å². The summed E-state index contributed by atoms with van der Waals surface area (Å²) in [7, 11) is -1.86. The van der Waals surface area contributed by atoms with E-state index in [0.717, 1.165) is 24.8 Å². The van der Waals surface area contributed by atoms with Crippen LogP contribution in [0.25, 0.3) is 22.5 Å². The summed E-state index contributed by atoms with van der Waals surface area (Å²) in [6.07, 6.45) is 4.30. The van der Waals surface area contributed by atoms with E-state index in [1.54, 1.807) is 54.4 Å². The van der Waals surface area contributed by atoms with Gasteiger partial charge < -0.3 is 9.73 Å². The quantitative estimate of drug-likeness (QED) is 0.445. The average molecular weight is 494 g/mol. The molecule has 10 heteroatoms. The fourth-order valence-electron chi connectivity index (χ4n) is 4.51. The Bertz CT molecular complexity index is 1520. The number of rotatable bonds is 5. The number of nitrogens with one attached hydrogen (secondary N) is 1. The van der Waals surface area contributed by atoms with Gasteiger partial charge in [0.1, 0.15) is 5.69 Å². The number of aryl methyl sites for hydroxylation is 3. The smallest absolute Gasteiger partial charge is 0.256 e. The van der Waals surface area contributed by atoms with Gasteiger partial charge in [0.15, 0.2) is 11.4 Å². The number of nitrogens with zero attached hydrogens (tertiary/aromatic N) is 4. The molecule has 9 nitrogen and oxygen atoms in total.